The zero-order chi connectivity index (χ0) is 26.2. The standard InChI is InChI=1S/C32H44GeO3/c1-21(2)9-25-12-24(7)13-28(14-25)34-29-15-26(10-22(3)4)16-30(19-29)35-31-17-27(11-23(5)6)18-32(20-31)36-33-8/h12-23H,9-11,33H2,1-8H3. The molecule has 0 aliphatic heterocycles. The van der Waals surface area contributed by atoms with Crippen LogP contribution in [-0.4, -0.2) is 15.8 Å². The third-order valence-corrected chi connectivity index (χ3v) is 7.01. The van der Waals surface area contributed by atoms with Gasteiger partial charge in [0.05, 0.1) is 0 Å². The van der Waals surface area contributed by atoms with Crippen molar-refractivity contribution in [3.63, 3.8) is 0 Å². The quantitative estimate of drug-likeness (QED) is 0.212. The summed E-state index contributed by atoms with van der Waals surface area (Å²) >= 11 is -0.979. The molecule has 3 rings (SSSR count). The molecule has 0 amide bonds. The number of hydrogen-bond acceptors (Lipinski definition) is 3. The molecule has 0 radical (unpaired) electrons. The van der Waals surface area contributed by atoms with Gasteiger partial charge in [-0.3, -0.25) is 0 Å². The summed E-state index contributed by atoms with van der Waals surface area (Å²) in [6.45, 7) is 15.6. The fourth-order valence-electron chi connectivity index (χ4n) is 4.61. The van der Waals surface area contributed by atoms with Crippen molar-refractivity contribution >= 4 is 15.8 Å². The van der Waals surface area contributed by atoms with E-state index in [1.54, 1.807) is 0 Å². The van der Waals surface area contributed by atoms with Crippen molar-refractivity contribution in [2.24, 2.45) is 17.8 Å². The maximum atomic E-state index is 6.45. The summed E-state index contributed by atoms with van der Waals surface area (Å²) in [5.74, 6) is 8.13. The summed E-state index contributed by atoms with van der Waals surface area (Å²) in [5.41, 5.74) is 4.99. The van der Waals surface area contributed by atoms with Gasteiger partial charge in [-0.25, -0.2) is 0 Å². The molecular weight excluding hydrogens is 505 g/mol. The molecule has 0 aliphatic rings. The Morgan fingerprint density at radius 2 is 0.889 bits per heavy atom. The van der Waals surface area contributed by atoms with Crippen molar-refractivity contribution in [2.75, 3.05) is 0 Å². The van der Waals surface area contributed by atoms with Crippen LogP contribution in [0, 0.1) is 24.7 Å². The van der Waals surface area contributed by atoms with Crippen molar-refractivity contribution in [3.05, 3.63) is 76.9 Å². The van der Waals surface area contributed by atoms with Crippen LogP contribution in [0.15, 0.2) is 54.6 Å². The molecule has 0 atom stereocenters. The number of ether oxygens (including phenoxy) is 2. The number of rotatable bonds is 12. The molecule has 0 aliphatic carbocycles. The molecule has 36 heavy (non-hydrogen) atoms. The minimum atomic E-state index is -0.979. The van der Waals surface area contributed by atoms with Crippen LogP contribution in [0.1, 0.15) is 63.8 Å². The topological polar surface area (TPSA) is 27.7 Å². The summed E-state index contributed by atoms with van der Waals surface area (Å²) in [7, 11) is 0. The predicted octanol–water partition coefficient (Wildman–Crippen LogP) is 8.69. The van der Waals surface area contributed by atoms with E-state index in [0.717, 1.165) is 48.0 Å². The Balaban J connectivity index is 1.94. The molecule has 0 aromatic heterocycles. The zero-order valence-corrected chi connectivity index (χ0v) is 26.4. The van der Waals surface area contributed by atoms with Crippen LogP contribution in [0.2, 0.25) is 5.76 Å². The van der Waals surface area contributed by atoms with Crippen LogP contribution in [-0.2, 0) is 19.3 Å². The molecule has 4 heteroatoms. The maximum absolute atomic E-state index is 6.45. The first kappa shape index (κ1) is 28.2. The molecule has 194 valence electrons. The summed E-state index contributed by atoms with van der Waals surface area (Å²) in [6, 6.07) is 19.1. The number of hydrogen-bond donors (Lipinski definition) is 0. The Labute approximate surface area is 225 Å². The van der Waals surface area contributed by atoms with Crippen molar-refractivity contribution in [3.8, 4) is 28.7 Å². The van der Waals surface area contributed by atoms with Gasteiger partial charge < -0.3 is 0 Å². The van der Waals surface area contributed by atoms with Gasteiger partial charge in [0.15, 0.2) is 0 Å². The molecule has 0 saturated carbocycles. The number of benzene rings is 3. The van der Waals surface area contributed by atoms with E-state index in [1.807, 2.05) is 12.1 Å². The van der Waals surface area contributed by atoms with E-state index in [-0.39, 0.29) is 0 Å². The Hall–Kier alpha value is -2.40. The minimum absolute atomic E-state index is 0.537. The fraction of sp³-hybridized carbons (Fsp3) is 0.438. The van der Waals surface area contributed by atoms with Crippen molar-refractivity contribution in [1.29, 1.82) is 0 Å². The van der Waals surface area contributed by atoms with E-state index in [2.05, 4.69) is 96.7 Å². The monoisotopic (exact) mass is 550 g/mol. The molecule has 0 bridgehead atoms. The summed E-state index contributed by atoms with van der Waals surface area (Å²) in [5, 5.41) is 0. The summed E-state index contributed by atoms with van der Waals surface area (Å²) in [6.07, 6.45) is 3.00. The average Bonchev–Trinajstić information content (AvgIpc) is 2.71. The van der Waals surface area contributed by atoms with E-state index in [4.69, 9.17) is 13.2 Å². The van der Waals surface area contributed by atoms with Crippen LogP contribution < -0.4 is 13.2 Å². The van der Waals surface area contributed by atoms with Gasteiger partial charge in [0, 0.05) is 0 Å². The van der Waals surface area contributed by atoms with Gasteiger partial charge in [-0.1, -0.05) is 19.9 Å². The molecule has 3 nitrogen and oxygen atoms in total. The van der Waals surface area contributed by atoms with Crippen molar-refractivity contribution in [2.45, 2.75) is 73.5 Å². The molecule has 3 aromatic rings. The molecular formula is C32H44GeO3. The van der Waals surface area contributed by atoms with E-state index in [9.17, 15) is 0 Å². The number of aryl methyl sites for hydroxylation is 1. The first-order valence-electron chi connectivity index (χ1n) is 13.5. The predicted molar refractivity (Wildman–Crippen MR) is 155 cm³/mol. The molecule has 0 unspecified atom stereocenters. The summed E-state index contributed by atoms with van der Waals surface area (Å²) in [4.78, 5) is 0. The SMILES string of the molecule is [CH3][GeH2][O]c1cc(CC(C)C)cc(Oc2cc(CC(C)C)cc(Oc3cc(C)cc(CC(C)C)c3)c2)c1. The van der Waals surface area contributed by atoms with Gasteiger partial charge in [-0.15, -0.1) is 0 Å². The molecule has 0 spiro atoms. The van der Waals surface area contributed by atoms with Gasteiger partial charge in [0.2, 0.25) is 0 Å². The Bertz CT molecular complexity index is 1130. The molecule has 0 N–H and O–H groups in total. The van der Waals surface area contributed by atoms with Crippen LogP contribution in [0.3, 0.4) is 0 Å². The van der Waals surface area contributed by atoms with Gasteiger partial charge in [0.1, 0.15) is 0 Å². The second kappa shape index (κ2) is 13.2. The average molecular weight is 549 g/mol. The Kier molecular flexibility index (Phi) is 10.4. The van der Waals surface area contributed by atoms with Gasteiger partial charge in [-0.05, 0) is 19.3 Å². The van der Waals surface area contributed by atoms with Gasteiger partial charge in [-0.2, -0.15) is 0 Å². The van der Waals surface area contributed by atoms with Crippen LogP contribution in [0.5, 0.6) is 28.7 Å². The normalized spacial score (nSPS) is 11.8. The van der Waals surface area contributed by atoms with Gasteiger partial charge >= 0.3 is 187 Å². The fourth-order valence-corrected chi connectivity index (χ4v) is 5.66. The van der Waals surface area contributed by atoms with E-state index < -0.39 is 15.8 Å². The van der Waals surface area contributed by atoms with E-state index >= 15 is 0 Å². The molecule has 0 heterocycles. The first-order chi connectivity index (χ1) is 17.1. The first-order valence-corrected chi connectivity index (χ1v) is 17.6. The Morgan fingerprint density at radius 1 is 0.528 bits per heavy atom. The summed E-state index contributed by atoms with van der Waals surface area (Å²) < 4.78 is 18.9. The third-order valence-electron chi connectivity index (χ3n) is 5.70. The van der Waals surface area contributed by atoms with Gasteiger partial charge in [0.25, 0.3) is 0 Å². The molecule has 3 aromatic carbocycles. The van der Waals surface area contributed by atoms with Crippen LogP contribution in [0.4, 0.5) is 0 Å². The van der Waals surface area contributed by atoms with Crippen LogP contribution in [0.25, 0.3) is 0 Å². The van der Waals surface area contributed by atoms with E-state index in [0.29, 0.717) is 17.8 Å². The van der Waals surface area contributed by atoms with Crippen molar-refractivity contribution < 1.29 is 13.2 Å². The third kappa shape index (κ3) is 9.24. The zero-order valence-electron chi connectivity index (χ0n) is 23.5. The molecule has 0 fully saturated rings. The van der Waals surface area contributed by atoms with Crippen molar-refractivity contribution in [1.82, 2.24) is 0 Å². The second-order valence-electron chi connectivity index (χ2n) is 11.2. The molecule has 0 saturated heterocycles. The van der Waals surface area contributed by atoms with Crippen LogP contribution >= 0.6 is 0 Å². The second-order valence-corrected chi connectivity index (χ2v) is 13.0. The van der Waals surface area contributed by atoms with E-state index in [1.165, 1.54) is 22.3 Å². The Morgan fingerprint density at radius 3 is 1.31 bits per heavy atom.